The van der Waals surface area contributed by atoms with Crippen molar-refractivity contribution < 1.29 is 14.3 Å². The Labute approximate surface area is 137 Å². The van der Waals surface area contributed by atoms with E-state index >= 15 is 0 Å². The average molecular weight is 327 g/mol. The van der Waals surface area contributed by atoms with Crippen LogP contribution in [0.15, 0.2) is 24.3 Å². The van der Waals surface area contributed by atoms with Crippen LogP contribution >= 0.6 is 12.4 Å². The van der Waals surface area contributed by atoms with Crippen LogP contribution in [-0.4, -0.2) is 49.8 Å². The number of ether oxygens (including phenoxy) is 2. The van der Waals surface area contributed by atoms with Gasteiger partial charge in [-0.1, -0.05) is 18.2 Å². The van der Waals surface area contributed by atoms with Crippen molar-refractivity contribution in [1.29, 1.82) is 0 Å². The summed E-state index contributed by atoms with van der Waals surface area (Å²) in [6, 6.07) is 8.23. The number of amides is 1. The zero-order chi connectivity index (χ0) is 14.7. The summed E-state index contributed by atoms with van der Waals surface area (Å²) in [6.07, 6.45) is 1.82. The largest absolute Gasteiger partial charge is 0.496 e. The van der Waals surface area contributed by atoms with Gasteiger partial charge >= 0.3 is 0 Å². The van der Waals surface area contributed by atoms with E-state index in [1.165, 1.54) is 0 Å². The van der Waals surface area contributed by atoms with Crippen molar-refractivity contribution in [1.82, 2.24) is 10.2 Å². The number of nitrogens with one attached hydrogen (secondary N) is 1. The number of carbonyl (C=O) groups excluding carboxylic acids is 1. The first-order valence-corrected chi connectivity index (χ1v) is 7.54. The number of para-hydroxylation sites is 1. The van der Waals surface area contributed by atoms with Crippen LogP contribution in [0.3, 0.4) is 0 Å². The summed E-state index contributed by atoms with van der Waals surface area (Å²) in [7, 11) is 1.66. The van der Waals surface area contributed by atoms with Gasteiger partial charge < -0.3 is 19.7 Å². The third-order valence-corrected chi connectivity index (χ3v) is 4.01. The molecule has 1 aromatic rings. The number of benzene rings is 1. The van der Waals surface area contributed by atoms with E-state index in [4.69, 9.17) is 9.47 Å². The number of carbonyl (C=O) groups is 1. The minimum atomic E-state index is -0.353. The second kappa shape index (κ2) is 7.81. The molecular weight excluding hydrogens is 304 g/mol. The van der Waals surface area contributed by atoms with E-state index in [1.807, 2.05) is 29.2 Å². The van der Waals surface area contributed by atoms with Crippen molar-refractivity contribution in [3.63, 3.8) is 0 Å². The monoisotopic (exact) mass is 326 g/mol. The van der Waals surface area contributed by atoms with Gasteiger partial charge in [0, 0.05) is 31.2 Å². The summed E-state index contributed by atoms with van der Waals surface area (Å²) < 4.78 is 11.0. The van der Waals surface area contributed by atoms with Crippen LogP contribution in [0.4, 0.5) is 0 Å². The average Bonchev–Trinajstić information content (AvgIpc) is 3.38. The summed E-state index contributed by atoms with van der Waals surface area (Å²) in [5.41, 5.74) is 1.05. The Morgan fingerprint density at radius 3 is 2.82 bits per heavy atom. The van der Waals surface area contributed by atoms with Crippen LogP contribution in [0.1, 0.15) is 18.4 Å². The fourth-order valence-electron chi connectivity index (χ4n) is 2.70. The number of rotatable bonds is 5. The van der Waals surface area contributed by atoms with Crippen molar-refractivity contribution in [2.45, 2.75) is 31.5 Å². The molecule has 1 unspecified atom stereocenters. The van der Waals surface area contributed by atoms with Crippen LogP contribution in [-0.2, 0) is 16.1 Å². The molecule has 22 heavy (non-hydrogen) atoms. The summed E-state index contributed by atoms with van der Waals surface area (Å²) in [6.45, 7) is 2.62. The molecule has 0 aromatic heterocycles. The Hall–Kier alpha value is -1.30. The highest BCUT2D eigenvalue weighted by molar-refractivity contribution is 5.85. The minimum absolute atomic E-state index is 0. The fourth-order valence-corrected chi connectivity index (χ4v) is 2.70. The van der Waals surface area contributed by atoms with Crippen molar-refractivity contribution in [3.8, 4) is 5.75 Å². The van der Waals surface area contributed by atoms with E-state index in [2.05, 4.69) is 5.32 Å². The molecular formula is C16H23ClN2O3. The van der Waals surface area contributed by atoms with Gasteiger partial charge in [0.2, 0.25) is 0 Å². The topological polar surface area (TPSA) is 50.8 Å². The Morgan fingerprint density at radius 1 is 1.41 bits per heavy atom. The maximum absolute atomic E-state index is 12.7. The Bertz CT molecular complexity index is 502. The first-order chi connectivity index (χ1) is 10.3. The van der Waals surface area contributed by atoms with E-state index in [0.717, 1.165) is 30.7 Å². The third-order valence-electron chi connectivity index (χ3n) is 4.01. The summed E-state index contributed by atoms with van der Waals surface area (Å²) in [5.74, 6) is 0.925. The van der Waals surface area contributed by atoms with E-state index < -0.39 is 0 Å². The first-order valence-electron chi connectivity index (χ1n) is 7.54. The van der Waals surface area contributed by atoms with E-state index in [-0.39, 0.29) is 24.4 Å². The molecule has 1 aromatic carbocycles. The molecule has 6 heteroatoms. The van der Waals surface area contributed by atoms with Crippen LogP contribution < -0.4 is 10.1 Å². The lowest BCUT2D eigenvalue weighted by molar-refractivity contribution is -0.146. The summed E-state index contributed by atoms with van der Waals surface area (Å²) in [5, 5.41) is 3.22. The zero-order valence-electron chi connectivity index (χ0n) is 12.8. The van der Waals surface area contributed by atoms with E-state index in [0.29, 0.717) is 25.7 Å². The van der Waals surface area contributed by atoms with Crippen molar-refractivity contribution in [2.75, 3.05) is 26.8 Å². The molecule has 122 valence electrons. The Morgan fingerprint density at radius 2 is 2.18 bits per heavy atom. The van der Waals surface area contributed by atoms with Crippen LogP contribution in [0, 0.1) is 0 Å². The van der Waals surface area contributed by atoms with E-state index in [9.17, 15) is 4.79 Å². The van der Waals surface area contributed by atoms with E-state index in [1.54, 1.807) is 7.11 Å². The second-order valence-corrected chi connectivity index (χ2v) is 5.57. The van der Waals surface area contributed by atoms with Crippen molar-refractivity contribution in [2.24, 2.45) is 0 Å². The quantitative estimate of drug-likeness (QED) is 0.893. The minimum Gasteiger partial charge on any atom is -0.496 e. The van der Waals surface area contributed by atoms with Gasteiger partial charge in [0.25, 0.3) is 5.91 Å². The number of nitrogens with zero attached hydrogens (tertiary/aromatic N) is 1. The predicted molar refractivity (Wildman–Crippen MR) is 86.4 cm³/mol. The van der Waals surface area contributed by atoms with Crippen LogP contribution in [0.5, 0.6) is 5.75 Å². The van der Waals surface area contributed by atoms with Crippen molar-refractivity contribution in [3.05, 3.63) is 29.8 Å². The molecule has 2 aliphatic rings. The maximum Gasteiger partial charge on any atom is 0.253 e. The molecule has 1 atom stereocenters. The predicted octanol–water partition coefficient (Wildman–Crippen LogP) is 1.60. The molecule has 1 aliphatic heterocycles. The van der Waals surface area contributed by atoms with Gasteiger partial charge in [-0.15, -0.1) is 12.4 Å². The number of hydrogen-bond acceptors (Lipinski definition) is 4. The van der Waals surface area contributed by atoms with Gasteiger partial charge in [-0.3, -0.25) is 4.79 Å². The number of hydrogen-bond donors (Lipinski definition) is 1. The molecule has 1 heterocycles. The number of halogens is 1. The highest BCUT2D eigenvalue weighted by Gasteiger charge is 2.37. The van der Waals surface area contributed by atoms with Gasteiger partial charge in [0.05, 0.1) is 13.7 Å². The Balaban J connectivity index is 0.00000176. The van der Waals surface area contributed by atoms with Gasteiger partial charge in [-0.05, 0) is 18.9 Å². The molecule has 1 N–H and O–H groups in total. The van der Waals surface area contributed by atoms with Gasteiger partial charge in [0.15, 0.2) is 0 Å². The lowest BCUT2D eigenvalue weighted by Crippen LogP contribution is -2.49. The standard InChI is InChI=1S/C16H22N2O3.ClH/c1-20-14-5-3-2-4-12(14)11-18(13-6-7-13)16(19)15-10-17-8-9-21-15;/h2-5,13,15,17H,6-11H2,1H3;1H. The zero-order valence-corrected chi connectivity index (χ0v) is 13.6. The second-order valence-electron chi connectivity index (χ2n) is 5.57. The molecule has 1 aliphatic carbocycles. The first kappa shape index (κ1) is 17.1. The molecule has 1 amide bonds. The molecule has 0 spiro atoms. The van der Waals surface area contributed by atoms with Crippen LogP contribution in [0.2, 0.25) is 0 Å². The lowest BCUT2D eigenvalue weighted by Gasteiger charge is -2.30. The highest BCUT2D eigenvalue weighted by Crippen LogP contribution is 2.31. The van der Waals surface area contributed by atoms with Gasteiger partial charge in [0.1, 0.15) is 11.9 Å². The molecule has 3 rings (SSSR count). The molecule has 2 fully saturated rings. The van der Waals surface area contributed by atoms with Gasteiger partial charge in [-0.2, -0.15) is 0 Å². The normalized spacial score (nSPS) is 20.9. The SMILES string of the molecule is COc1ccccc1CN(C(=O)C1CNCCO1)C1CC1.Cl. The molecule has 0 radical (unpaired) electrons. The number of methoxy groups -OCH3 is 1. The summed E-state index contributed by atoms with van der Waals surface area (Å²) in [4.78, 5) is 14.7. The molecule has 5 nitrogen and oxygen atoms in total. The number of morpholine rings is 1. The van der Waals surface area contributed by atoms with Gasteiger partial charge in [-0.25, -0.2) is 0 Å². The maximum atomic E-state index is 12.7. The third kappa shape index (κ3) is 3.91. The highest BCUT2D eigenvalue weighted by atomic mass is 35.5. The van der Waals surface area contributed by atoms with Crippen molar-refractivity contribution >= 4 is 18.3 Å². The fraction of sp³-hybridized carbons (Fsp3) is 0.562. The summed E-state index contributed by atoms with van der Waals surface area (Å²) >= 11 is 0. The smallest absolute Gasteiger partial charge is 0.253 e. The molecule has 1 saturated heterocycles. The van der Waals surface area contributed by atoms with Crippen LogP contribution in [0.25, 0.3) is 0 Å². The molecule has 0 bridgehead atoms. The molecule has 1 saturated carbocycles. The lowest BCUT2D eigenvalue weighted by atomic mass is 10.1. The Kier molecular flexibility index (Phi) is 6.06.